The predicted molar refractivity (Wildman–Crippen MR) is 90.7 cm³/mol. The van der Waals surface area contributed by atoms with Crippen LogP contribution in [0.4, 0.5) is 5.82 Å². The lowest BCUT2D eigenvalue weighted by molar-refractivity contribution is 0.198. The highest BCUT2D eigenvalue weighted by Crippen LogP contribution is 2.28. The number of aryl methyl sites for hydroxylation is 2. The maximum absolute atomic E-state index is 9.89. The average molecular weight is 308 g/mol. The van der Waals surface area contributed by atoms with Gasteiger partial charge in [0.15, 0.2) is 5.65 Å². The third kappa shape index (κ3) is 2.37. The Morgan fingerprint density at radius 3 is 2.65 bits per heavy atom. The van der Waals surface area contributed by atoms with Gasteiger partial charge in [-0.3, -0.25) is 0 Å². The highest BCUT2D eigenvalue weighted by molar-refractivity contribution is 5.68. The second-order valence-corrected chi connectivity index (χ2v) is 6.20. The molecule has 5 heteroatoms. The second-order valence-electron chi connectivity index (χ2n) is 6.20. The first kappa shape index (κ1) is 14.2. The zero-order valence-electron chi connectivity index (χ0n) is 13.4. The molecule has 23 heavy (non-hydrogen) atoms. The summed E-state index contributed by atoms with van der Waals surface area (Å²) in [4.78, 5) is 7.02. The molecule has 3 heterocycles. The summed E-state index contributed by atoms with van der Waals surface area (Å²) in [7, 11) is 0. The van der Waals surface area contributed by atoms with Gasteiger partial charge in [0.2, 0.25) is 0 Å². The largest absolute Gasteiger partial charge is 0.391 e. The van der Waals surface area contributed by atoms with Gasteiger partial charge in [-0.25, -0.2) is 4.98 Å². The summed E-state index contributed by atoms with van der Waals surface area (Å²) in [6.07, 6.45) is 0.528. The van der Waals surface area contributed by atoms with E-state index in [2.05, 4.69) is 35.1 Å². The molecule has 5 nitrogen and oxygen atoms in total. The van der Waals surface area contributed by atoms with E-state index in [0.717, 1.165) is 46.9 Å². The molecule has 3 aromatic rings. The first-order chi connectivity index (χ1) is 11.1. The quantitative estimate of drug-likeness (QED) is 0.790. The molecular weight excluding hydrogens is 288 g/mol. The summed E-state index contributed by atoms with van der Waals surface area (Å²) in [5, 5.41) is 14.5. The fourth-order valence-electron chi connectivity index (χ4n) is 3.15. The number of rotatable bonds is 2. The van der Waals surface area contributed by atoms with Crippen molar-refractivity contribution in [2.45, 2.75) is 26.4 Å². The predicted octanol–water partition coefficient (Wildman–Crippen LogP) is 2.58. The van der Waals surface area contributed by atoms with Crippen molar-refractivity contribution in [2.24, 2.45) is 0 Å². The van der Waals surface area contributed by atoms with Crippen LogP contribution < -0.4 is 4.90 Å². The Morgan fingerprint density at radius 2 is 1.96 bits per heavy atom. The monoisotopic (exact) mass is 308 g/mol. The van der Waals surface area contributed by atoms with Crippen molar-refractivity contribution < 1.29 is 5.11 Å². The minimum atomic E-state index is -0.267. The lowest BCUT2D eigenvalue weighted by Gasteiger charge is -2.19. The number of β-amino-alcohol motifs (C(OH)–C–C–N with tert-alkyl or cyclic N) is 1. The molecule has 4 rings (SSSR count). The van der Waals surface area contributed by atoms with Crippen LogP contribution in [0.15, 0.2) is 36.4 Å². The van der Waals surface area contributed by atoms with Crippen molar-refractivity contribution in [1.82, 2.24) is 14.6 Å². The minimum absolute atomic E-state index is 0.267. The fraction of sp³-hybridized carbons (Fsp3) is 0.333. The van der Waals surface area contributed by atoms with Gasteiger partial charge in [-0.15, -0.1) is 0 Å². The van der Waals surface area contributed by atoms with Crippen molar-refractivity contribution in [1.29, 1.82) is 0 Å². The maximum atomic E-state index is 9.89. The van der Waals surface area contributed by atoms with Gasteiger partial charge in [0.05, 0.1) is 17.5 Å². The molecule has 0 spiro atoms. The molecule has 0 bridgehead atoms. The van der Waals surface area contributed by atoms with Crippen LogP contribution >= 0.6 is 0 Å². The number of hydrogen-bond donors (Lipinski definition) is 1. The van der Waals surface area contributed by atoms with E-state index in [0.29, 0.717) is 6.54 Å². The highest BCUT2D eigenvalue weighted by atomic mass is 16.3. The first-order valence-electron chi connectivity index (χ1n) is 7.99. The molecule has 2 aromatic heterocycles. The Balaban J connectivity index is 1.94. The summed E-state index contributed by atoms with van der Waals surface area (Å²) in [6.45, 7) is 5.55. The van der Waals surface area contributed by atoms with E-state index >= 15 is 0 Å². The Hall–Kier alpha value is -2.40. The van der Waals surface area contributed by atoms with Gasteiger partial charge in [0.1, 0.15) is 5.82 Å². The molecule has 1 N–H and O–H groups in total. The van der Waals surface area contributed by atoms with Crippen molar-refractivity contribution in [3.63, 3.8) is 0 Å². The summed E-state index contributed by atoms with van der Waals surface area (Å²) >= 11 is 0. The lowest BCUT2D eigenvalue weighted by Crippen LogP contribution is -2.24. The SMILES string of the molecule is Cc1nn2c(N3CCC(O)C3)cc(-c3ccccc3)nc2c1C. The van der Waals surface area contributed by atoms with Crippen LogP contribution in [0.3, 0.4) is 0 Å². The number of nitrogens with zero attached hydrogens (tertiary/aromatic N) is 4. The van der Waals surface area contributed by atoms with Crippen LogP contribution in [0.25, 0.3) is 16.9 Å². The number of benzene rings is 1. The van der Waals surface area contributed by atoms with Crippen LogP contribution in [0.1, 0.15) is 17.7 Å². The van der Waals surface area contributed by atoms with E-state index in [4.69, 9.17) is 4.98 Å². The van der Waals surface area contributed by atoms with Crippen molar-refractivity contribution in [3.05, 3.63) is 47.7 Å². The highest BCUT2D eigenvalue weighted by Gasteiger charge is 2.24. The molecule has 1 aliphatic heterocycles. The summed E-state index contributed by atoms with van der Waals surface area (Å²) in [6, 6.07) is 12.3. The molecule has 1 aliphatic rings. The molecular formula is C18H20N4O. The van der Waals surface area contributed by atoms with Gasteiger partial charge in [-0.2, -0.15) is 9.61 Å². The molecule has 0 radical (unpaired) electrons. The molecule has 1 fully saturated rings. The normalized spacial score (nSPS) is 18.0. The topological polar surface area (TPSA) is 53.7 Å². The summed E-state index contributed by atoms with van der Waals surface area (Å²) < 4.78 is 1.91. The molecule has 1 saturated heterocycles. The van der Waals surface area contributed by atoms with Gasteiger partial charge in [-0.05, 0) is 20.3 Å². The molecule has 0 aliphatic carbocycles. The standard InChI is InChI=1S/C18H20N4O/c1-12-13(2)20-22-17(21-9-8-15(23)11-21)10-16(19-18(12)22)14-6-4-3-5-7-14/h3-7,10,15,23H,8-9,11H2,1-2H3. The van der Waals surface area contributed by atoms with E-state index in [1.165, 1.54) is 0 Å². The number of anilines is 1. The number of aromatic nitrogens is 3. The zero-order valence-corrected chi connectivity index (χ0v) is 13.4. The number of aliphatic hydroxyl groups excluding tert-OH is 1. The van der Waals surface area contributed by atoms with Gasteiger partial charge in [-0.1, -0.05) is 30.3 Å². The molecule has 118 valence electrons. The molecule has 1 unspecified atom stereocenters. The van der Waals surface area contributed by atoms with Crippen LogP contribution in [0.2, 0.25) is 0 Å². The second kappa shape index (κ2) is 5.35. The fourth-order valence-corrected chi connectivity index (χ4v) is 3.15. The Labute approximate surface area is 135 Å². The molecule has 1 atom stereocenters. The maximum Gasteiger partial charge on any atom is 0.161 e. The van der Waals surface area contributed by atoms with Crippen molar-refractivity contribution in [2.75, 3.05) is 18.0 Å². The van der Waals surface area contributed by atoms with Crippen LogP contribution in [0, 0.1) is 13.8 Å². The van der Waals surface area contributed by atoms with Crippen molar-refractivity contribution in [3.8, 4) is 11.3 Å². The van der Waals surface area contributed by atoms with E-state index < -0.39 is 0 Å². The zero-order chi connectivity index (χ0) is 16.0. The third-order valence-corrected chi connectivity index (χ3v) is 4.59. The molecule has 0 amide bonds. The van der Waals surface area contributed by atoms with Crippen LogP contribution in [-0.4, -0.2) is 38.9 Å². The number of fused-ring (bicyclic) bond motifs is 1. The molecule has 0 saturated carbocycles. The number of aliphatic hydroxyl groups is 1. The van der Waals surface area contributed by atoms with E-state index in [1.807, 2.05) is 29.6 Å². The summed E-state index contributed by atoms with van der Waals surface area (Å²) in [5.41, 5.74) is 5.01. The first-order valence-corrected chi connectivity index (χ1v) is 7.99. The van der Waals surface area contributed by atoms with Gasteiger partial charge < -0.3 is 10.0 Å². The summed E-state index contributed by atoms with van der Waals surface area (Å²) in [5.74, 6) is 1.00. The van der Waals surface area contributed by atoms with Gasteiger partial charge >= 0.3 is 0 Å². The van der Waals surface area contributed by atoms with E-state index in [9.17, 15) is 5.11 Å². The van der Waals surface area contributed by atoms with E-state index in [-0.39, 0.29) is 6.10 Å². The van der Waals surface area contributed by atoms with E-state index in [1.54, 1.807) is 0 Å². The van der Waals surface area contributed by atoms with Crippen molar-refractivity contribution >= 4 is 11.5 Å². The Morgan fingerprint density at radius 1 is 1.17 bits per heavy atom. The van der Waals surface area contributed by atoms with Crippen LogP contribution in [-0.2, 0) is 0 Å². The van der Waals surface area contributed by atoms with Gasteiger partial charge in [0, 0.05) is 30.3 Å². The smallest absolute Gasteiger partial charge is 0.161 e. The Kier molecular flexibility index (Phi) is 3.31. The van der Waals surface area contributed by atoms with Gasteiger partial charge in [0.25, 0.3) is 0 Å². The average Bonchev–Trinajstić information content (AvgIpc) is 3.12. The minimum Gasteiger partial charge on any atom is -0.391 e. The van der Waals surface area contributed by atoms with Crippen LogP contribution in [0.5, 0.6) is 0 Å². The lowest BCUT2D eigenvalue weighted by atomic mass is 10.1. The third-order valence-electron chi connectivity index (χ3n) is 4.59. The Bertz CT molecular complexity index is 856. The number of hydrogen-bond acceptors (Lipinski definition) is 4. The molecule has 1 aromatic carbocycles.